The van der Waals surface area contributed by atoms with E-state index in [0.717, 1.165) is 0 Å². The second kappa shape index (κ2) is 3.98. The Morgan fingerprint density at radius 3 is 2.46 bits per heavy atom. The summed E-state index contributed by atoms with van der Waals surface area (Å²) in [5.41, 5.74) is 5.90. The van der Waals surface area contributed by atoms with Crippen molar-refractivity contribution in [3.05, 3.63) is 20.8 Å². The largest absolute Gasteiger partial charge is 0.390 e. The van der Waals surface area contributed by atoms with Crippen molar-refractivity contribution in [2.75, 3.05) is 0 Å². The van der Waals surface area contributed by atoms with Gasteiger partial charge in [-0.25, -0.2) is 0 Å². The summed E-state index contributed by atoms with van der Waals surface area (Å²) < 4.78 is 36.5. The first-order valence-electron chi connectivity index (χ1n) is 3.44. The van der Waals surface area contributed by atoms with E-state index in [0.29, 0.717) is 10.0 Å². The number of alkyl halides is 3. The zero-order valence-corrected chi connectivity index (χ0v) is 8.84. The van der Waals surface area contributed by atoms with E-state index in [2.05, 4.69) is 15.9 Å². The summed E-state index contributed by atoms with van der Waals surface area (Å²) in [6, 6.07) is -0.972. The van der Waals surface area contributed by atoms with Crippen LogP contribution >= 0.6 is 27.3 Å². The second-order valence-electron chi connectivity index (χ2n) is 2.60. The van der Waals surface area contributed by atoms with Crippen LogP contribution in [0.3, 0.4) is 0 Å². The van der Waals surface area contributed by atoms with Crippen LogP contribution in [0.5, 0.6) is 0 Å². The Kier molecular flexibility index (Phi) is 3.37. The third kappa shape index (κ3) is 3.28. The Bertz CT molecular complexity index is 284. The average Bonchev–Trinajstić information content (AvgIpc) is 2.30. The lowest BCUT2D eigenvalue weighted by atomic mass is 10.1. The Labute approximate surface area is 85.9 Å². The molecule has 6 heteroatoms. The SMILES string of the molecule is N[C@H](CC(F)(F)F)c1cscc1Br. The summed E-state index contributed by atoms with van der Waals surface area (Å²) in [6.07, 6.45) is -5.19. The fourth-order valence-electron chi connectivity index (χ4n) is 0.915. The van der Waals surface area contributed by atoms with Gasteiger partial charge in [-0.1, -0.05) is 0 Å². The molecule has 0 saturated heterocycles. The van der Waals surface area contributed by atoms with Gasteiger partial charge in [0.15, 0.2) is 0 Å². The van der Waals surface area contributed by atoms with Gasteiger partial charge in [-0.15, -0.1) is 0 Å². The molecule has 0 aromatic carbocycles. The number of nitrogens with two attached hydrogens (primary N) is 1. The first-order chi connectivity index (χ1) is 5.90. The highest BCUT2D eigenvalue weighted by Crippen LogP contribution is 2.33. The third-order valence-electron chi connectivity index (χ3n) is 1.49. The van der Waals surface area contributed by atoms with E-state index in [-0.39, 0.29) is 0 Å². The molecule has 0 aliphatic heterocycles. The molecule has 1 rings (SSSR count). The normalized spacial score (nSPS) is 14.5. The van der Waals surface area contributed by atoms with Crippen LogP contribution in [0.15, 0.2) is 15.2 Å². The maximum absolute atomic E-state index is 11.9. The molecule has 0 bridgehead atoms. The molecule has 74 valence electrons. The number of thiophene rings is 1. The predicted molar refractivity (Wildman–Crippen MR) is 49.6 cm³/mol. The fourth-order valence-corrected chi connectivity index (χ4v) is 2.57. The van der Waals surface area contributed by atoms with Crippen molar-refractivity contribution in [3.63, 3.8) is 0 Å². The van der Waals surface area contributed by atoms with Gasteiger partial charge in [0.2, 0.25) is 0 Å². The first-order valence-corrected chi connectivity index (χ1v) is 5.17. The van der Waals surface area contributed by atoms with Crippen molar-refractivity contribution < 1.29 is 13.2 Å². The van der Waals surface area contributed by atoms with Gasteiger partial charge in [0.1, 0.15) is 0 Å². The van der Waals surface area contributed by atoms with Crippen molar-refractivity contribution in [1.82, 2.24) is 0 Å². The van der Waals surface area contributed by atoms with Crippen molar-refractivity contribution in [3.8, 4) is 0 Å². The molecular formula is C7H7BrF3NS. The molecule has 0 aliphatic rings. The standard InChI is InChI=1S/C7H7BrF3NS/c8-5-3-13-2-4(5)6(12)1-7(9,10)11/h2-3,6H,1,12H2/t6-/m1/s1. The van der Waals surface area contributed by atoms with Crippen LogP contribution in [-0.2, 0) is 0 Å². The van der Waals surface area contributed by atoms with Crippen LogP contribution in [0.4, 0.5) is 13.2 Å². The molecule has 0 fully saturated rings. The fraction of sp³-hybridized carbons (Fsp3) is 0.429. The van der Waals surface area contributed by atoms with Crippen molar-refractivity contribution in [2.45, 2.75) is 18.6 Å². The zero-order chi connectivity index (χ0) is 10.1. The van der Waals surface area contributed by atoms with Gasteiger partial charge in [0.05, 0.1) is 6.42 Å². The van der Waals surface area contributed by atoms with Crippen LogP contribution in [0.1, 0.15) is 18.0 Å². The van der Waals surface area contributed by atoms with Gasteiger partial charge < -0.3 is 5.73 Å². The lowest BCUT2D eigenvalue weighted by Crippen LogP contribution is -2.19. The highest BCUT2D eigenvalue weighted by molar-refractivity contribution is 9.10. The summed E-state index contributed by atoms with van der Waals surface area (Å²) in [6.45, 7) is 0. The van der Waals surface area contributed by atoms with E-state index in [1.54, 1.807) is 10.8 Å². The van der Waals surface area contributed by atoms with Crippen LogP contribution < -0.4 is 5.73 Å². The molecular weight excluding hydrogens is 267 g/mol. The molecule has 13 heavy (non-hydrogen) atoms. The Morgan fingerprint density at radius 1 is 1.46 bits per heavy atom. The molecule has 1 atom stereocenters. The average molecular weight is 274 g/mol. The predicted octanol–water partition coefficient (Wildman–Crippen LogP) is 3.46. The lowest BCUT2D eigenvalue weighted by Gasteiger charge is -2.13. The van der Waals surface area contributed by atoms with E-state index < -0.39 is 18.6 Å². The topological polar surface area (TPSA) is 26.0 Å². The van der Waals surface area contributed by atoms with E-state index in [9.17, 15) is 13.2 Å². The smallest absolute Gasteiger partial charge is 0.324 e. The maximum Gasteiger partial charge on any atom is 0.390 e. The van der Waals surface area contributed by atoms with E-state index in [4.69, 9.17) is 5.73 Å². The van der Waals surface area contributed by atoms with Gasteiger partial charge >= 0.3 is 6.18 Å². The zero-order valence-electron chi connectivity index (χ0n) is 6.44. The number of halogens is 4. The molecule has 1 aromatic heterocycles. The molecule has 0 radical (unpaired) electrons. The van der Waals surface area contributed by atoms with Crippen molar-refractivity contribution >= 4 is 27.3 Å². The summed E-state index contributed by atoms with van der Waals surface area (Å²) >= 11 is 4.46. The molecule has 1 aromatic rings. The van der Waals surface area contributed by atoms with Crippen LogP contribution in [0.25, 0.3) is 0 Å². The lowest BCUT2D eigenvalue weighted by molar-refractivity contribution is -0.138. The molecule has 0 aliphatic carbocycles. The van der Waals surface area contributed by atoms with Gasteiger partial charge in [-0.05, 0) is 26.9 Å². The molecule has 1 heterocycles. The van der Waals surface area contributed by atoms with Crippen molar-refractivity contribution in [2.24, 2.45) is 5.73 Å². The summed E-state index contributed by atoms with van der Waals surface area (Å²) in [5, 5.41) is 3.34. The minimum absolute atomic E-state index is 0.516. The van der Waals surface area contributed by atoms with Gasteiger partial charge in [0.25, 0.3) is 0 Å². The summed E-state index contributed by atoms with van der Waals surface area (Å²) in [7, 11) is 0. The van der Waals surface area contributed by atoms with Crippen LogP contribution in [-0.4, -0.2) is 6.18 Å². The maximum atomic E-state index is 11.9. The van der Waals surface area contributed by atoms with Crippen LogP contribution in [0, 0.1) is 0 Å². The summed E-state index contributed by atoms with van der Waals surface area (Å²) in [4.78, 5) is 0. The van der Waals surface area contributed by atoms with E-state index in [1.165, 1.54) is 11.3 Å². The molecule has 0 spiro atoms. The quantitative estimate of drug-likeness (QED) is 0.878. The van der Waals surface area contributed by atoms with E-state index in [1.807, 2.05) is 0 Å². The van der Waals surface area contributed by atoms with E-state index >= 15 is 0 Å². The van der Waals surface area contributed by atoms with Crippen LogP contribution in [0.2, 0.25) is 0 Å². The molecule has 0 amide bonds. The van der Waals surface area contributed by atoms with Gasteiger partial charge in [-0.3, -0.25) is 0 Å². The highest BCUT2D eigenvalue weighted by atomic mass is 79.9. The monoisotopic (exact) mass is 273 g/mol. The molecule has 0 unspecified atom stereocenters. The van der Waals surface area contributed by atoms with Gasteiger partial charge in [0, 0.05) is 15.9 Å². The Hall–Kier alpha value is -0.0700. The minimum Gasteiger partial charge on any atom is -0.324 e. The molecule has 2 N–H and O–H groups in total. The highest BCUT2D eigenvalue weighted by Gasteiger charge is 2.31. The third-order valence-corrected chi connectivity index (χ3v) is 3.24. The Morgan fingerprint density at radius 2 is 2.08 bits per heavy atom. The minimum atomic E-state index is -4.21. The summed E-state index contributed by atoms with van der Waals surface area (Å²) in [5.74, 6) is 0. The molecule has 1 nitrogen and oxygen atoms in total. The number of hydrogen-bond acceptors (Lipinski definition) is 2. The number of hydrogen-bond donors (Lipinski definition) is 1. The Balaban J connectivity index is 2.69. The molecule has 0 saturated carbocycles. The first kappa shape index (κ1) is 11.0. The van der Waals surface area contributed by atoms with Gasteiger partial charge in [-0.2, -0.15) is 24.5 Å². The number of rotatable bonds is 2. The second-order valence-corrected chi connectivity index (χ2v) is 4.20. The van der Waals surface area contributed by atoms with Crippen molar-refractivity contribution in [1.29, 1.82) is 0 Å².